The summed E-state index contributed by atoms with van der Waals surface area (Å²) in [5, 5.41) is 3.56. The molecule has 2 unspecified atom stereocenters. The number of fused-ring (bicyclic) bond motifs is 1. The molecule has 1 heterocycles. The number of allylic oxidation sites excluding steroid dienone is 1. The first-order valence-corrected chi connectivity index (χ1v) is 7.19. The molecule has 19 heavy (non-hydrogen) atoms. The van der Waals surface area contributed by atoms with Crippen LogP contribution in [-0.2, 0) is 0 Å². The lowest BCUT2D eigenvalue weighted by Gasteiger charge is -2.13. The Kier molecular flexibility index (Phi) is 4.32. The number of ketones is 1. The first kappa shape index (κ1) is 13.7. The van der Waals surface area contributed by atoms with Gasteiger partial charge in [-0.05, 0) is 24.3 Å². The van der Waals surface area contributed by atoms with E-state index >= 15 is 0 Å². The molecular weight excluding hydrogens is 256 g/mol. The summed E-state index contributed by atoms with van der Waals surface area (Å²) in [5.74, 6) is 0.242. The number of Topliss-reactive ketones (excluding diaryl/α,β-unsaturated/α-hetero) is 1. The van der Waals surface area contributed by atoms with Crippen molar-refractivity contribution < 1.29 is 4.79 Å². The fraction of sp³-hybridized carbons (Fsp3) is 0.333. The molecule has 2 aromatic rings. The van der Waals surface area contributed by atoms with Gasteiger partial charge in [-0.15, -0.1) is 11.3 Å². The molecule has 0 aliphatic heterocycles. The Morgan fingerprint density at radius 1 is 1.37 bits per heavy atom. The fourth-order valence-corrected chi connectivity index (χ4v) is 2.83. The molecule has 0 amide bonds. The maximum Gasteiger partial charge on any atom is 0.194 e. The third-order valence-corrected chi connectivity index (χ3v) is 4.32. The fourth-order valence-electron chi connectivity index (χ4n) is 1.83. The minimum absolute atomic E-state index is 0.0647. The third-order valence-electron chi connectivity index (χ3n) is 3.27. The largest absolute Gasteiger partial charge is 0.394 e. The molecule has 100 valence electrons. The molecule has 2 rings (SSSR count). The van der Waals surface area contributed by atoms with E-state index in [1.165, 1.54) is 11.3 Å². The highest BCUT2D eigenvalue weighted by Crippen LogP contribution is 2.26. The van der Waals surface area contributed by atoms with Crippen molar-refractivity contribution in [3.63, 3.8) is 0 Å². The Hall–Kier alpha value is -1.68. The van der Waals surface area contributed by atoms with Crippen molar-refractivity contribution in [2.75, 3.05) is 7.05 Å². The molecule has 0 aliphatic rings. The first-order chi connectivity index (χ1) is 9.13. The van der Waals surface area contributed by atoms with Gasteiger partial charge >= 0.3 is 0 Å². The predicted octanol–water partition coefficient (Wildman–Crippen LogP) is 3.48. The molecule has 0 spiro atoms. The zero-order valence-corrected chi connectivity index (χ0v) is 12.2. The van der Waals surface area contributed by atoms with E-state index in [2.05, 4.69) is 10.3 Å². The van der Waals surface area contributed by atoms with Gasteiger partial charge in [-0.1, -0.05) is 32.1 Å². The van der Waals surface area contributed by atoms with Gasteiger partial charge in [-0.2, -0.15) is 0 Å². The highest BCUT2D eigenvalue weighted by atomic mass is 32.1. The summed E-state index contributed by atoms with van der Waals surface area (Å²) in [6, 6.07) is 7.85. The predicted molar refractivity (Wildman–Crippen MR) is 80.5 cm³/mol. The Morgan fingerprint density at radius 2 is 2.11 bits per heavy atom. The Bertz CT molecular complexity index is 570. The second kappa shape index (κ2) is 5.97. The number of rotatable bonds is 5. The molecule has 1 N–H and O–H groups in total. The zero-order valence-electron chi connectivity index (χ0n) is 11.4. The molecule has 4 heteroatoms. The summed E-state index contributed by atoms with van der Waals surface area (Å²) in [5.41, 5.74) is 0.904. The number of para-hydroxylation sites is 1. The lowest BCUT2D eigenvalue weighted by atomic mass is 9.92. The van der Waals surface area contributed by atoms with Crippen LogP contribution >= 0.6 is 11.3 Å². The maximum absolute atomic E-state index is 12.4. The van der Waals surface area contributed by atoms with E-state index in [9.17, 15) is 4.79 Å². The number of hydrogen-bond donors (Lipinski definition) is 1. The van der Waals surface area contributed by atoms with Crippen LogP contribution in [0, 0.1) is 11.8 Å². The van der Waals surface area contributed by atoms with Crippen molar-refractivity contribution in [2.45, 2.75) is 13.8 Å². The number of aromatic nitrogens is 1. The Morgan fingerprint density at radius 3 is 2.79 bits per heavy atom. The number of thiazole rings is 1. The third kappa shape index (κ3) is 3.01. The van der Waals surface area contributed by atoms with Gasteiger partial charge in [0.2, 0.25) is 0 Å². The normalized spacial score (nSPS) is 14.7. The van der Waals surface area contributed by atoms with Crippen molar-refractivity contribution in [1.29, 1.82) is 0 Å². The highest BCUT2D eigenvalue weighted by Gasteiger charge is 2.22. The van der Waals surface area contributed by atoms with Gasteiger partial charge in [-0.25, -0.2) is 4.98 Å². The number of nitrogens with one attached hydrogen (secondary N) is 1. The average molecular weight is 274 g/mol. The van der Waals surface area contributed by atoms with Gasteiger partial charge in [0.25, 0.3) is 0 Å². The van der Waals surface area contributed by atoms with Crippen molar-refractivity contribution in [2.24, 2.45) is 11.8 Å². The van der Waals surface area contributed by atoms with E-state index in [0.29, 0.717) is 5.01 Å². The van der Waals surface area contributed by atoms with Gasteiger partial charge in [0.1, 0.15) is 0 Å². The van der Waals surface area contributed by atoms with E-state index in [1.807, 2.05) is 57.4 Å². The van der Waals surface area contributed by atoms with Crippen LogP contribution in [0.4, 0.5) is 0 Å². The molecule has 0 fully saturated rings. The van der Waals surface area contributed by atoms with Crippen LogP contribution in [0.2, 0.25) is 0 Å². The van der Waals surface area contributed by atoms with Crippen LogP contribution in [0.3, 0.4) is 0 Å². The van der Waals surface area contributed by atoms with Gasteiger partial charge in [-0.3, -0.25) is 4.79 Å². The molecule has 0 radical (unpaired) electrons. The van der Waals surface area contributed by atoms with Crippen LogP contribution in [0.1, 0.15) is 23.6 Å². The summed E-state index contributed by atoms with van der Waals surface area (Å²) in [6.07, 6.45) is 3.88. The van der Waals surface area contributed by atoms with Crippen LogP contribution < -0.4 is 5.32 Å². The molecule has 0 aliphatic carbocycles. The van der Waals surface area contributed by atoms with Crippen LogP contribution in [0.5, 0.6) is 0 Å². The second-order valence-electron chi connectivity index (χ2n) is 4.65. The number of carbonyl (C=O) groups excluding carboxylic acids is 1. The van der Waals surface area contributed by atoms with E-state index < -0.39 is 0 Å². The highest BCUT2D eigenvalue weighted by molar-refractivity contribution is 7.20. The Balaban J connectivity index is 2.21. The van der Waals surface area contributed by atoms with E-state index in [4.69, 9.17) is 0 Å². The summed E-state index contributed by atoms with van der Waals surface area (Å²) in [4.78, 5) is 16.8. The summed E-state index contributed by atoms with van der Waals surface area (Å²) in [7, 11) is 1.85. The topological polar surface area (TPSA) is 42.0 Å². The number of nitrogens with zero attached hydrogens (tertiary/aromatic N) is 1. The molecule has 0 bridgehead atoms. The zero-order chi connectivity index (χ0) is 13.8. The molecular formula is C15H18N2OS. The van der Waals surface area contributed by atoms with Crippen LogP contribution in [0.15, 0.2) is 36.5 Å². The summed E-state index contributed by atoms with van der Waals surface area (Å²) < 4.78 is 1.07. The summed E-state index contributed by atoms with van der Waals surface area (Å²) in [6.45, 7) is 4.00. The van der Waals surface area contributed by atoms with Crippen molar-refractivity contribution in [1.82, 2.24) is 10.3 Å². The number of benzene rings is 1. The monoisotopic (exact) mass is 274 g/mol. The quantitative estimate of drug-likeness (QED) is 0.849. The lowest BCUT2D eigenvalue weighted by Crippen LogP contribution is -2.18. The Labute approximate surface area is 117 Å². The van der Waals surface area contributed by atoms with Gasteiger partial charge in [0.15, 0.2) is 10.8 Å². The molecule has 0 saturated heterocycles. The minimum atomic E-state index is -0.0647. The van der Waals surface area contributed by atoms with Crippen LogP contribution in [-0.4, -0.2) is 17.8 Å². The van der Waals surface area contributed by atoms with Crippen molar-refractivity contribution in [3.8, 4) is 0 Å². The molecule has 1 aromatic carbocycles. The van der Waals surface area contributed by atoms with E-state index in [0.717, 1.165) is 10.2 Å². The molecule has 2 atom stereocenters. The number of hydrogen-bond acceptors (Lipinski definition) is 4. The molecule has 3 nitrogen and oxygen atoms in total. The van der Waals surface area contributed by atoms with Gasteiger partial charge in [0.05, 0.1) is 10.2 Å². The van der Waals surface area contributed by atoms with E-state index in [1.54, 1.807) is 0 Å². The SMILES string of the molecule is CN/C=C\C(C)C(C)C(=O)c1nc2ccccc2s1. The molecule has 0 saturated carbocycles. The van der Waals surface area contributed by atoms with E-state index in [-0.39, 0.29) is 17.6 Å². The standard InChI is InChI=1S/C15H18N2OS/c1-10(8-9-16-3)11(2)14(18)15-17-12-6-4-5-7-13(12)19-15/h4-11,16H,1-3H3/b9-8-. The van der Waals surface area contributed by atoms with Crippen molar-refractivity contribution >= 4 is 27.3 Å². The lowest BCUT2D eigenvalue weighted by molar-refractivity contribution is 0.0907. The average Bonchev–Trinajstić information content (AvgIpc) is 2.86. The van der Waals surface area contributed by atoms with Crippen molar-refractivity contribution in [3.05, 3.63) is 41.5 Å². The maximum atomic E-state index is 12.4. The second-order valence-corrected chi connectivity index (χ2v) is 5.68. The smallest absolute Gasteiger partial charge is 0.194 e. The first-order valence-electron chi connectivity index (χ1n) is 6.37. The van der Waals surface area contributed by atoms with Crippen LogP contribution in [0.25, 0.3) is 10.2 Å². The minimum Gasteiger partial charge on any atom is -0.394 e. The van der Waals surface area contributed by atoms with Gasteiger partial charge < -0.3 is 5.32 Å². The number of carbonyl (C=O) groups is 1. The summed E-state index contributed by atoms with van der Waals surface area (Å²) >= 11 is 1.47. The molecule has 1 aromatic heterocycles. The van der Waals surface area contributed by atoms with Gasteiger partial charge in [0, 0.05) is 13.0 Å².